The molecular formula is C25H26N6. The maximum Gasteiger partial charge on any atom is 0.227 e. The largest absolute Gasteiger partial charge is 0.399 e. The molecule has 0 saturated carbocycles. The average Bonchev–Trinajstić information content (AvgIpc) is 2.81. The van der Waals surface area contributed by atoms with Gasteiger partial charge < -0.3 is 16.4 Å². The second-order valence-electron chi connectivity index (χ2n) is 6.79. The van der Waals surface area contributed by atoms with Gasteiger partial charge in [-0.3, -0.25) is 4.98 Å². The van der Waals surface area contributed by atoms with Gasteiger partial charge in [-0.05, 0) is 66.6 Å². The van der Waals surface area contributed by atoms with Crippen LogP contribution in [-0.4, -0.2) is 22.0 Å². The topological polar surface area (TPSA) is 88.8 Å². The van der Waals surface area contributed by atoms with E-state index in [2.05, 4.69) is 38.2 Å². The van der Waals surface area contributed by atoms with E-state index in [9.17, 15) is 0 Å². The maximum atomic E-state index is 5.49. The first-order valence-corrected chi connectivity index (χ1v) is 9.86. The number of benzene rings is 2. The lowest BCUT2D eigenvalue weighted by molar-refractivity contribution is 1.16. The monoisotopic (exact) mass is 410 g/mol. The van der Waals surface area contributed by atoms with Crippen LogP contribution in [-0.2, 0) is 0 Å². The number of nitrogens with zero attached hydrogens (tertiary/aromatic N) is 3. The van der Waals surface area contributed by atoms with Crippen molar-refractivity contribution in [2.24, 2.45) is 0 Å². The molecule has 6 heteroatoms. The molecule has 4 rings (SSSR count). The van der Waals surface area contributed by atoms with Crippen molar-refractivity contribution in [2.45, 2.75) is 6.92 Å². The van der Waals surface area contributed by atoms with Gasteiger partial charge in [0.15, 0.2) is 0 Å². The Morgan fingerprint density at radius 2 is 1.87 bits per heavy atom. The molecule has 0 atom stereocenters. The number of nitrogens with two attached hydrogens (primary N) is 1. The quantitative estimate of drug-likeness (QED) is 0.374. The summed E-state index contributed by atoms with van der Waals surface area (Å²) in [7, 11) is 1.91. The third-order valence-corrected chi connectivity index (χ3v) is 4.52. The number of nitrogen functional groups attached to an aromatic ring is 1. The summed E-state index contributed by atoms with van der Waals surface area (Å²) >= 11 is 0. The van der Waals surface area contributed by atoms with Gasteiger partial charge in [0, 0.05) is 48.3 Å². The molecule has 6 nitrogen and oxygen atoms in total. The zero-order valence-electron chi connectivity index (χ0n) is 17.7. The van der Waals surface area contributed by atoms with Gasteiger partial charge in [-0.1, -0.05) is 24.8 Å². The number of anilines is 4. The third-order valence-electron chi connectivity index (χ3n) is 4.52. The van der Waals surface area contributed by atoms with Crippen LogP contribution in [0.4, 0.5) is 23.0 Å². The molecule has 0 spiro atoms. The zero-order chi connectivity index (χ0) is 22.1. The minimum Gasteiger partial charge on any atom is -0.399 e. The predicted octanol–water partition coefficient (Wildman–Crippen LogP) is 5.54. The summed E-state index contributed by atoms with van der Waals surface area (Å²) in [5, 5.41) is 6.39. The normalized spacial score (nSPS) is 9.87. The van der Waals surface area contributed by atoms with Gasteiger partial charge in [-0.15, -0.1) is 0 Å². The Balaban J connectivity index is 0.000000254. The Morgan fingerprint density at radius 1 is 1.00 bits per heavy atom. The summed E-state index contributed by atoms with van der Waals surface area (Å²) in [4.78, 5) is 12.9. The van der Waals surface area contributed by atoms with Crippen molar-refractivity contribution in [3.63, 3.8) is 0 Å². The Bertz CT molecular complexity index is 1140. The molecule has 0 amide bonds. The predicted molar refractivity (Wildman–Crippen MR) is 130 cm³/mol. The van der Waals surface area contributed by atoms with E-state index < -0.39 is 0 Å². The average molecular weight is 411 g/mol. The first kappa shape index (κ1) is 21.5. The highest BCUT2D eigenvalue weighted by molar-refractivity contribution is 5.65. The van der Waals surface area contributed by atoms with Crippen molar-refractivity contribution in [1.82, 2.24) is 15.0 Å². The van der Waals surface area contributed by atoms with E-state index in [0.29, 0.717) is 5.95 Å². The molecule has 0 aliphatic carbocycles. The first-order valence-electron chi connectivity index (χ1n) is 9.86. The van der Waals surface area contributed by atoms with Crippen LogP contribution in [0, 0.1) is 6.92 Å². The van der Waals surface area contributed by atoms with Gasteiger partial charge in [-0.25, -0.2) is 9.97 Å². The van der Waals surface area contributed by atoms with Gasteiger partial charge in [0.1, 0.15) is 0 Å². The molecule has 0 fully saturated rings. The molecule has 0 aliphatic rings. The van der Waals surface area contributed by atoms with Crippen molar-refractivity contribution in [3.05, 3.63) is 97.0 Å². The first-order chi connectivity index (χ1) is 15.1. The molecule has 0 saturated heterocycles. The SMILES string of the molecule is C=Cc1cccc(N)c1.CNc1ccc(Nc2nccc(-c3cccnc3)n2)c(C)c1. The fourth-order valence-electron chi connectivity index (χ4n) is 2.86. The Labute approximate surface area is 182 Å². The van der Waals surface area contributed by atoms with Crippen LogP contribution in [0.15, 0.2) is 85.8 Å². The third kappa shape index (κ3) is 6.14. The lowest BCUT2D eigenvalue weighted by Gasteiger charge is -2.10. The zero-order valence-corrected chi connectivity index (χ0v) is 17.7. The fourth-order valence-corrected chi connectivity index (χ4v) is 2.86. The van der Waals surface area contributed by atoms with Crippen LogP contribution in [0.2, 0.25) is 0 Å². The molecule has 2 aromatic carbocycles. The number of nitrogens with one attached hydrogen (secondary N) is 2. The lowest BCUT2D eigenvalue weighted by atomic mass is 10.2. The molecule has 156 valence electrons. The van der Waals surface area contributed by atoms with Gasteiger partial charge in [-0.2, -0.15) is 0 Å². The van der Waals surface area contributed by atoms with E-state index in [-0.39, 0.29) is 0 Å². The van der Waals surface area contributed by atoms with Crippen molar-refractivity contribution in [1.29, 1.82) is 0 Å². The summed E-state index contributed by atoms with van der Waals surface area (Å²) in [5.74, 6) is 0.571. The summed E-state index contributed by atoms with van der Waals surface area (Å²) in [6, 6.07) is 19.5. The second-order valence-corrected chi connectivity index (χ2v) is 6.79. The van der Waals surface area contributed by atoms with Crippen molar-refractivity contribution >= 4 is 29.1 Å². The maximum absolute atomic E-state index is 5.49. The van der Waals surface area contributed by atoms with Gasteiger partial charge >= 0.3 is 0 Å². The van der Waals surface area contributed by atoms with Crippen LogP contribution in [0.25, 0.3) is 17.3 Å². The highest BCUT2D eigenvalue weighted by atomic mass is 15.1. The number of hydrogen-bond acceptors (Lipinski definition) is 6. The molecule has 4 N–H and O–H groups in total. The summed E-state index contributed by atoms with van der Waals surface area (Å²) in [6.45, 7) is 5.67. The number of aryl methyl sites for hydroxylation is 1. The van der Waals surface area contributed by atoms with Gasteiger partial charge in [0.25, 0.3) is 0 Å². The van der Waals surface area contributed by atoms with E-state index in [1.54, 1.807) is 24.7 Å². The summed E-state index contributed by atoms with van der Waals surface area (Å²) in [5.41, 5.74) is 12.3. The van der Waals surface area contributed by atoms with E-state index in [4.69, 9.17) is 5.73 Å². The molecule has 0 aliphatic heterocycles. The lowest BCUT2D eigenvalue weighted by Crippen LogP contribution is -2.00. The van der Waals surface area contributed by atoms with E-state index in [1.807, 2.05) is 68.6 Å². The van der Waals surface area contributed by atoms with Crippen molar-refractivity contribution in [2.75, 3.05) is 23.4 Å². The molecule has 4 aromatic rings. The smallest absolute Gasteiger partial charge is 0.227 e. The molecular weight excluding hydrogens is 384 g/mol. The minimum atomic E-state index is 0.571. The molecule has 0 bridgehead atoms. The molecule has 31 heavy (non-hydrogen) atoms. The molecule has 2 heterocycles. The van der Waals surface area contributed by atoms with Crippen molar-refractivity contribution in [3.8, 4) is 11.3 Å². The Kier molecular flexibility index (Phi) is 7.32. The molecule has 2 aromatic heterocycles. The van der Waals surface area contributed by atoms with Gasteiger partial charge in [0.2, 0.25) is 5.95 Å². The van der Waals surface area contributed by atoms with Crippen LogP contribution >= 0.6 is 0 Å². The minimum absolute atomic E-state index is 0.571. The van der Waals surface area contributed by atoms with E-state index in [1.165, 1.54) is 0 Å². The van der Waals surface area contributed by atoms with Crippen molar-refractivity contribution < 1.29 is 0 Å². The molecule has 0 unspecified atom stereocenters. The van der Waals surface area contributed by atoms with Crippen LogP contribution in [0.3, 0.4) is 0 Å². The highest BCUT2D eigenvalue weighted by Gasteiger charge is 2.05. The highest BCUT2D eigenvalue weighted by Crippen LogP contribution is 2.23. The number of hydrogen-bond donors (Lipinski definition) is 3. The van der Waals surface area contributed by atoms with E-state index >= 15 is 0 Å². The van der Waals surface area contributed by atoms with Gasteiger partial charge in [0.05, 0.1) is 5.69 Å². The van der Waals surface area contributed by atoms with Crippen LogP contribution < -0.4 is 16.4 Å². The number of aromatic nitrogens is 3. The van der Waals surface area contributed by atoms with Crippen LogP contribution in [0.5, 0.6) is 0 Å². The number of pyridine rings is 1. The number of rotatable bonds is 5. The summed E-state index contributed by atoms with van der Waals surface area (Å²) in [6.07, 6.45) is 7.06. The Hall–Kier alpha value is -4.19. The fraction of sp³-hybridized carbons (Fsp3) is 0.0800. The standard InChI is InChI=1S/C17H17N5.C8H9N/c1-12-10-14(18-2)5-6-15(12)21-17-20-9-7-16(22-17)13-4-3-8-19-11-13;1-2-7-4-3-5-8(9)6-7/h3-11,18H,1-2H3,(H,20,21,22);2-6H,1,9H2. The Morgan fingerprint density at radius 3 is 2.52 bits per heavy atom. The molecule has 0 radical (unpaired) electrons. The summed E-state index contributed by atoms with van der Waals surface area (Å²) < 4.78 is 0. The van der Waals surface area contributed by atoms with Crippen LogP contribution in [0.1, 0.15) is 11.1 Å². The van der Waals surface area contributed by atoms with E-state index in [0.717, 1.165) is 39.4 Å². The second kappa shape index (κ2) is 10.5.